The fourth-order valence-electron chi connectivity index (χ4n) is 1.28. The smallest absolute Gasteiger partial charge is 0.145 e. The third-order valence-corrected chi connectivity index (χ3v) is 2.63. The zero-order valence-electron chi connectivity index (χ0n) is 8.00. The zero-order chi connectivity index (χ0) is 10.8. The van der Waals surface area contributed by atoms with Crippen molar-refractivity contribution < 1.29 is 9.47 Å². The van der Waals surface area contributed by atoms with Crippen molar-refractivity contribution in [1.29, 1.82) is 5.41 Å². The van der Waals surface area contributed by atoms with E-state index in [0.717, 1.165) is 4.47 Å². The highest BCUT2D eigenvalue weighted by Crippen LogP contribution is 2.25. The summed E-state index contributed by atoms with van der Waals surface area (Å²) in [4.78, 5) is 0. The van der Waals surface area contributed by atoms with Crippen LogP contribution in [-0.4, -0.2) is 25.2 Å². The SMILES string of the molecule is N=C(N)c1cc(Br)ccc1OC1COC1. The van der Waals surface area contributed by atoms with Gasteiger partial charge in [0.1, 0.15) is 17.7 Å². The highest BCUT2D eigenvalue weighted by Gasteiger charge is 2.21. The first-order chi connectivity index (χ1) is 7.16. The molecule has 1 heterocycles. The normalized spacial score (nSPS) is 15.8. The van der Waals surface area contributed by atoms with Crippen LogP contribution in [0.3, 0.4) is 0 Å². The maximum absolute atomic E-state index is 7.44. The van der Waals surface area contributed by atoms with Gasteiger partial charge in [-0.1, -0.05) is 15.9 Å². The lowest BCUT2D eigenvalue weighted by Crippen LogP contribution is -2.39. The van der Waals surface area contributed by atoms with Crippen LogP contribution in [0.2, 0.25) is 0 Å². The minimum absolute atomic E-state index is 0.00606. The second-order valence-corrected chi connectivity index (χ2v) is 4.25. The summed E-state index contributed by atoms with van der Waals surface area (Å²) in [6.45, 7) is 1.21. The second-order valence-electron chi connectivity index (χ2n) is 3.33. The molecule has 1 aliphatic rings. The second kappa shape index (κ2) is 4.20. The first-order valence-corrected chi connectivity index (χ1v) is 5.34. The first kappa shape index (κ1) is 10.4. The predicted molar refractivity (Wildman–Crippen MR) is 60.4 cm³/mol. The highest BCUT2D eigenvalue weighted by molar-refractivity contribution is 9.10. The molecule has 0 aliphatic carbocycles. The van der Waals surface area contributed by atoms with Crippen LogP contribution in [0.1, 0.15) is 5.56 Å². The number of hydrogen-bond donors (Lipinski definition) is 2. The van der Waals surface area contributed by atoms with E-state index in [9.17, 15) is 0 Å². The minimum Gasteiger partial charge on any atom is -0.485 e. The summed E-state index contributed by atoms with van der Waals surface area (Å²) in [5, 5.41) is 7.44. The molecule has 1 aromatic rings. The summed E-state index contributed by atoms with van der Waals surface area (Å²) < 4.78 is 11.5. The van der Waals surface area contributed by atoms with E-state index in [1.165, 1.54) is 0 Å². The third kappa shape index (κ3) is 2.30. The van der Waals surface area contributed by atoms with Crippen molar-refractivity contribution in [2.24, 2.45) is 5.73 Å². The molecule has 15 heavy (non-hydrogen) atoms. The van der Waals surface area contributed by atoms with E-state index in [-0.39, 0.29) is 11.9 Å². The zero-order valence-corrected chi connectivity index (χ0v) is 9.58. The molecule has 0 bridgehead atoms. The average molecular weight is 271 g/mol. The summed E-state index contributed by atoms with van der Waals surface area (Å²) in [7, 11) is 0. The Kier molecular flexibility index (Phi) is 2.93. The van der Waals surface area contributed by atoms with Crippen LogP contribution < -0.4 is 10.5 Å². The van der Waals surface area contributed by atoms with Crippen molar-refractivity contribution in [3.8, 4) is 5.75 Å². The van der Waals surface area contributed by atoms with Crippen LogP contribution >= 0.6 is 15.9 Å². The molecule has 5 heteroatoms. The molecule has 0 unspecified atom stereocenters. The summed E-state index contributed by atoms with van der Waals surface area (Å²) in [6, 6.07) is 5.44. The first-order valence-electron chi connectivity index (χ1n) is 4.55. The minimum atomic E-state index is 0.00606. The largest absolute Gasteiger partial charge is 0.485 e. The van der Waals surface area contributed by atoms with Gasteiger partial charge in [0.2, 0.25) is 0 Å². The van der Waals surface area contributed by atoms with Gasteiger partial charge in [-0.2, -0.15) is 0 Å². The summed E-state index contributed by atoms with van der Waals surface area (Å²) in [5.41, 5.74) is 6.08. The van der Waals surface area contributed by atoms with E-state index < -0.39 is 0 Å². The van der Waals surface area contributed by atoms with Crippen molar-refractivity contribution in [3.63, 3.8) is 0 Å². The summed E-state index contributed by atoms with van der Waals surface area (Å²) >= 11 is 3.33. The Labute approximate surface area is 96.0 Å². The number of nitrogens with two attached hydrogens (primary N) is 1. The summed E-state index contributed by atoms with van der Waals surface area (Å²) in [5.74, 6) is 0.644. The Morgan fingerprint density at radius 3 is 2.80 bits per heavy atom. The lowest BCUT2D eigenvalue weighted by atomic mass is 10.2. The van der Waals surface area contributed by atoms with Crippen molar-refractivity contribution >= 4 is 21.8 Å². The number of nitrogen functional groups attached to an aromatic ring is 1. The molecule has 1 fully saturated rings. The Balaban J connectivity index is 2.23. The number of benzene rings is 1. The summed E-state index contributed by atoms with van der Waals surface area (Å²) in [6.07, 6.45) is 0.0873. The van der Waals surface area contributed by atoms with Crippen molar-refractivity contribution in [3.05, 3.63) is 28.2 Å². The maximum Gasteiger partial charge on any atom is 0.145 e. The van der Waals surface area contributed by atoms with Crippen molar-refractivity contribution in [2.45, 2.75) is 6.10 Å². The van der Waals surface area contributed by atoms with Crippen LogP contribution in [0.5, 0.6) is 5.75 Å². The van der Waals surface area contributed by atoms with E-state index in [1.54, 1.807) is 12.1 Å². The number of nitrogens with one attached hydrogen (secondary N) is 1. The van der Waals surface area contributed by atoms with Crippen LogP contribution in [0.25, 0.3) is 0 Å². The lowest BCUT2D eigenvalue weighted by Gasteiger charge is -2.27. The molecule has 2 rings (SSSR count). The topological polar surface area (TPSA) is 68.3 Å². The van der Waals surface area contributed by atoms with Gasteiger partial charge in [-0.25, -0.2) is 0 Å². The molecular formula is C10H11BrN2O2. The fraction of sp³-hybridized carbons (Fsp3) is 0.300. The van der Waals surface area contributed by atoms with Gasteiger partial charge in [-0.15, -0.1) is 0 Å². The highest BCUT2D eigenvalue weighted by atomic mass is 79.9. The number of halogens is 1. The third-order valence-electron chi connectivity index (χ3n) is 2.13. The number of amidine groups is 1. The molecule has 1 saturated heterocycles. The van der Waals surface area contributed by atoms with Gasteiger partial charge in [0.15, 0.2) is 0 Å². The van der Waals surface area contributed by atoms with Gasteiger partial charge < -0.3 is 15.2 Å². The molecule has 0 amide bonds. The van der Waals surface area contributed by atoms with Crippen LogP contribution in [0.4, 0.5) is 0 Å². The van der Waals surface area contributed by atoms with Gasteiger partial charge in [0.05, 0.1) is 18.8 Å². The molecule has 4 nitrogen and oxygen atoms in total. The van der Waals surface area contributed by atoms with Gasteiger partial charge in [-0.05, 0) is 18.2 Å². The molecule has 0 radical (unpaired) electrons. The van der Waals surface area contributed by atoms with Gasteiger partial charge in [0, 0.05) is 4.47 Å². The van der Waals surface area contributed by atoms with E-state index in [4.69, 9.17) is 20.6 Å². The Morgan fingerprint density at radius 1 is 1.53 bits per heavy atom. The Bertz CT molecular complexity index is 391. The molecule has 1 aromatic carbocycles. The molecule has 0 atom stereocenters. The number of ether oxygens (including phenoxy) is 2. The van der Waals surface area contributed by atoms with E-state index >= 15 is 0 Å². The molecule has 80 valence electrons. The molecule has 0 aromatic heterocycles. The molecular weight excluding hydrogens is 260 g/mol. The predicted octanol–water partition coefficient (Wildman–Crippen LogP) is 1.51. The Hall–Kier alpha value is -1.07. The van der Waals surface area contributed by atoms with Crippen molar-refractivity contribution in [2.75, 3.05) is 13.2 Å². The number of hydrogen-bond acceptors (Lipinski definition) is 3. The quantitative estimate of drug-likeness (QED) is 0.646. The van der Waals surface area contributed by atoms with Gasteiger partial charge in [0.25, 0.3) is 0 Å². The number of rotatable bonds is 3. The fourth-order valence-corrected chi connectivity index (χ4v) is 1.64. The maximum atomic E-state index is 7.44. The molecule has 0 saturated carbocycles. The monoisotopic (exact) mass is 270 g/mol. The van der Waals surface area contributed by atoms with Crippen molar-refractivity contribution in [1.82, 2.24) is 0 Å². The average Bonchev–Trinajstić information content (AvgIpc) is 2.12. The Morgan fingerprint density at radius 2 is 2.27 bits per heavy atom. The lowest BCUT2D eigenvalue weighted by molar-refractivity contribution is -0.0797. The van der Waals surface area contributed by atoms with E-state index in [2.05, 4.69) is 15.9 Å². The van der Waals surface area contributed by atoms with Crippen LogP contribution in [-0.2, 0) is 4.74 Å². The van der Waals surface area contributed by atoms with E-state index in [0.29, 0.717) is 24.5 Å². The van der Waals surface area contributed by atoms with Crippen LogP contribution in [0, 0.1) is 5.41 Å². The van der Waals surface area contributed by atoms with E-state index in [1.807, 2.05) is 6.07 Å². The van der Waals surface area contributed by atoms with Gasteiger partial charge in [-0.3, -0.25) is 5.41 Å². The standard InChI is InChI=1S/C10H11BrN2O2/c11-6-1-2-9(8(3-6)10(12)13)15-7-4-14-5-7/h1-3,7H,4-5H2,(H3,12,13). The van der Waals surface area contributed by atoms with Gasteiger partial charge >= 0.3 is 0 Å². The molecule has 0 spiro atoms. The molecule has 3 N–H and O–H groups in total. The molecule has 1 aliphatic heterocycles. The van der Waals surface area contributed by atoms with Crippen LogP contribution in [0.15, 0.2) is 22.7 Å².